The number of nitrogens with zero attached hydrogens (tertiary/aromatic N) is 3. The number of thioether (sulfide) groups is 1. The molecule has 1 N–H and O–H groups in total. The Kier molecular flexibility index (Phi) is 7.39. The summed E-state index contributed by atoms with van der Waals surface area (Å²) in [6.45, 7) is 5.47. The van der Waals surface area contributed by atoms with Crippen LogP contribution in [-0.2, 0) is 17.9 Å². The molecule has 1 aromatic heterocycles. The molecule has 2 aromatic carbocycles. The van der Waals surface area contributed by atoms with E-state index >= 15 is 0 Å². The average molecular weight is 469 g/mol. The second-order valence-corrected chi connectivity index (χ2v) is 9.01. The first-order valence-corrected chi connectivity index (χ1v) is 11.9. The molecule has 1 amide bonds. The van der Waals surface area contributed by atoms with Gasteiger partial charge >= 0.3 is 0 Å². The molecule has 0 saturated heterocycles. The minimum Gasteiger partial charge on any atom is -0.497 e. The minimum atomic E-state index is -0.327. The summed E-state index contributed by atoms with van der Waals surface area (Å²) in [5, 5.41) is 12.2. The molecular weight excluding hydrogens is 440 g/mol. The highest BCUT2D eigenvalue weighted by Crippen LogP contribution is 2.32. The highest BCUT2D eigenvalue weighted by molar-refractivity contribution is 8.00. The van der Waals surface area contributed by atoms with Crippen molar-refractivity contribution in [3.05, 3.63) is 48.0 Å². The Balaban J connectivity index is 1.43. The van der Waals surface area contributed by atoms with Crippen LogP contribution in [0.4, 0.5) is 0 Å². The SMILES string of the molecule is CCCCn1c(SC(C)C(=O)NCc2ccc3c(c2)OCO3)nnc1-c1ccc(OC)cc1. The van der Waals surface area contributed by atoms with Gasteiger partial charge in [0.1, 0.15) is 5.75 Å². The Bertz CT molecular complexity index is 1100. The van der Waals surface area contributed by atoms with Gasteiger partial charge in [-0.2, -0.15) is 0 Å². The summed E-state index contributed by atoms with van der Waals surface area (Å²) in [7, 11) is 1.65. The topological polar surface area (TPSA) is 87.5 Å². The van der Waals surface area contributed by atoms with E-state index in [9.17, 15) is 4.79 Å². The summed E-state index contributed by atoms with van der Waals surface area (Å²) in [4.78, 5) is 12.8. The Morgan fingerprint density at radius 1 is 1.18 bits per heavy atom. The normalized spacial score (nSPS) is 13.1. The minimum absolute atomic E-state index is 0.0614. The zero-order valence-corrected chi connectivity index (χ0v) is 19.9. The van der Waals surface area contributed by atoms with Gasteiger partial charge in [-0.15, -0.1) is 10.2 Å². The molecule has 0 radical (unpaired) electrons. The van der Waals surface area contributed by atoms with E-state index in [-0.39, 0.29) is 18.0 Å². The van der Waals surface area contributed by atoms with Crippen LogP contribution in [0.15, 0.2) is 47.6 Å². The van der Waals surface area contributed by atoms with Crippen LogP contribution in [0.5, 0.6) is 17.2 Å². The number of fused-ring (bicyclic) bond motifs is 1. The first kappa shape index (κ1) is 23.0. The molecule has 8 nitrogen and oxygen atoms in total. The molecule has 0 fully saturated rings. The standard InChI is InChI=1S/C24H28N4O4S/c1-4-5-12-28-22(18-7-9-19(30-3)10-8-18)26-27-24(28)33-16(2)23(29)25-14-17-6-11-20-21(13-17)32-15-31-20/h6-11,13,16H,4-5,12,14-15H2,1-3H3,(H,25,29). The molecule has 0 bridgehead atoms. The number of hydrogen-bond acceptors (Lipinski definition) is 7. The van der Waals surface area contributed by atoms with Gasteiger partial charge in [0, 0.05) is 18.7 Å². The van der Waals surface area contributed by atoms with E-state index < -0.39 is 0 Å². The lowest BCUT2D eigenvalue weighted by Crippen LogP contribution is -2.30. The number of methoxy groups -OCH3 is 1. The van der Waals surface area contributed by atoms with Crippen LogP contribution in [0, 0.1) is 0 Å². The van der Waals surface area contributed by atoms with Crippen molar-refractivity contribution >= 4 is 17.7 Å². The maximum atomic E-state index is 12.8. The van der Waals surface area contributed by atoms with E-state index in [0.717, 1.165) is 53.0 Å². The fourth-order valence-corrected chi connectivity index (χ4v) is 4.34. The van der Waals surface area contributed by atoms with Gasteiger partial charge in [0.2, 0.25) is 12.7 Å². The molecule has 1 atom stereocenters. The van der Waals surface area contributed by atoms with E-state index in [2.05, 4.69) is 27.0 Å². The summed E-state index contributed by atoms with van der Waals surface area (Å²) in [6, 6.07) is 13.4. The summed E-state index contributed by atoms with van der Waals surface area (Å²) in [6.07, 6.45) is 2.05. The third-order valence-corrected chi connectivity index (χ3v) is 6.44. The molecule has 2 heterocycles. The van der Waals surface area contributed by atoms with Crippen LogP contribution in [0.25, 0.3) is 11.4 Å². The van der Waals surface area contributed by atoms with Crippen molar-refractivity contribution in [2.24, 2.45) is 0 Å². The molecule has 0 aliphatic carbocycles. The molecule has 3 aromatic rings. The predicted molar refractivity (Wildman–Crippen MR) is 127 cm³/mol. The first-order chi connectivity index (χ1) is 16.1. The summed E-state index contributed by atoms with van der Waals surface area (Å²) < 4.78 is 18.1. The van der Waals surface area contributed by atoms with E-state index in [0.29, 0.717) is 12.3 Å². The van der Waals surface area contributed by atoms with Gasteiger partial charge in [0.15, 0.2) is 22.5 Å². The Morgan fingerprint density at radius 3 is 2.73 bits per heavy atom. The molecule has 1 unspecified atom stereocenters. The quantitative estimate of drug-likeness (QED) is 0.444. The number of unbranched alkanes of at least 4 members (excludes halogenated alkanes) is 1. The van der Waals surface area contributed by atoms with Crippen LogP contribution >= 0.6 is 11.8 Å². The maximum Gasteiger partial charge on any atom is 0.233 e. The lowest BCUT2D eigenvalue weighted by molar-refractivity contribution is -0.120. The molecule has 1 aliphatic heterocycles. The second-order valence-electron chi connectivity index (χ2n) is 7.71. The third kappa shape index (κ3) is 5.42. The number of aromatic nitrogens is 3. The zero-order valence-electron chi connectivity index (χ0n) is 19.0. The van der Waals surface area contributed by atoms with Gasteiger partial charge in [0.25, 0.3) is 0 Å². The van der Waals surface area contributed by atoms with Gasteiger partial charge in [-0.05, 0) is 55.3 Å². The van der Waals surface area contributed by atoms with E-state index in [1.807, 2.05) is 49.4 Å². The van der Waals surface area contributed by atoms with E-state index in [4.69, 9.17) is 14.2 Å². The largest absolute Gasteiger partial charge is 0.497 e. The van der Waals surface area contributed by atoms with Crippen molar-refractivity contribution in [2.45, 2.75) is 50.2 Å². The van der Waals surface area contributed by atoms with Crippen LogP contribution in [0.1, 0.15) is 32.3 Å². The van der Waals surface area contributed by atoms with Gasteiger partial charge in [-0.25, -0.2) is 0 Å². The number of ether oxygens (including phenoxy) is 3. The smallest absolute Gasteiger partial charge is 0.233 e. The molecule has 1 aliphatic rings. The lowest BCUT2D eigenvalue weighted by atomic mass is 10.2. The number of rotatable bonds is 10. The van der Waals surface area contributed by atoms with Gasteiger partial charge < -0.3 is 24.1 Å². The predicted octanol–water partition coefficient (Wildman–Crippen LogP) is 4.28. The molecular formula is C24H28N4O4S. The van der Waals surface area contributed by atoms with Gasteiger partial charge in [-0.3, -0.25) is 4.79 Å². The van der Waals surface area contributed by atoms with E-state index in [1.165, 1.54) is 11.8 Å². The maximum absolute atomic E-state index is 12.8. The Morgan fingerprint density at radius 2 is 1.97 bits per heavy atom. The van der Waals surface area contributed by atoms with E-state index in [1.54, 1.807) is 7.11 Å². The second kappa shape index (κ2) is 10.6. The highest BCUT2D eigenvalue weighted by Gasteiger charge is 2.21. The number of hydrogen-bond donors (Lipinski definition) is 1. The monoisotopic (exact) mass is 468 g/mol. The van der Waals surface area contributed by atoms with Crippen LogP contribution in [0.2, 0.25) is 0 Å². The van der Waals surface area contributed by atoms with Crippen molar-refractivity contribution in [3.8, 4) is 28.6 Å². The molecule has 4 rings (SSSR count). The van der Waals surface area contributed by atoms with Gasteiger partial charge in [-0.1, -0.05) is 31.2 Å². The van der Waals surface area contributed by atoms with Gasteiger partial charge in [0.05, 0.1) is 12.4 Å². The first-order valence-electron chi connectivity index (χ1n) is 11.0. The average Bonchev–Trinajstić information content (AvgIpc) is 3.47. The molecule has 174 valence electrons. The number of carbonyl (C=O) groups is 1. The Labute approximate surface area is 197 Å². The zero-order chi connectivity index (χ0) is 23.2. The third-order valence-electron chi connectivity index (χ3n) is 5.36. The highest BCUT2D eigenvalue weighted by atomic mass is 32.2. The van der Waals surface area contributed by atoms with Crippen molar-refractivity contribution < 1.29 is 19.0 Å². The van der Waals surface area contributed by atoms with Crippen molar-refractivity contribution in [2.75, 3.05) is 13.9 Å². The molecule has 0 saturated carbocycles. The fraction of sp³-hybridized carbons (Fsp3) is 0.375. The number of amides is 1. The van der Waals surface area contributed by atoms with Crippen LogP contribution in [-0.4, -0.2) is 39.8 Å². The van der Waals surface area contributed by atoms with Crippen LogP contribution in [0.3, 0.4) is 0 Å². The fourth-order valence-electron chi connectivity index (χ4n) is 3.44. The number of nitrogens with one attached hydrogen (secondary N) is 1. The van der Waals surface area contributed by atoms with Crippen molar-refractivity contribution in [1.29, 1.82) is 0 Å². The lowest BCUT2D eigenvalue weighted by Gasteiger charge is -2.14. The molecule has 33 heavy (non-hydrogen) atoms. The summed E-state index contributed by atoms with van der Waals surface area (Å²) >= 11 is 1.42. The molecule has 9 heteroatoms. The van der Waals surface area contributed by atoms with Crippen molar-refractivity contribution in [3.63, 3.8) is 0 Å². The number of benzene rings is 2. The van der Waals surface area contributed by atoms with Crippen LogP contribution < -0.4 is 19.5 Å². The Hall–Kier alpha value is -3.20. The summed E-state index contributed by atoms with van der Waals surface area (Å²) in [5.41, 5.74) is 1.92. The van der Waals surface area contributed by atoms with Crippen molar-refractivity contribution in [1.82, 2.24) is 20.1 Å². The number of carbonyl (C=O) groups excluding carboxylic acids is 1. The molecule has 0 spiro atoms. The summed E-state index contributed by atoms with van der Waals surface area (Å²) in [5.74, 6) is 2.96.